The minimum Gasteiger partial charge on any atom is -0.459 e. The van der Waals surface area contributed by atoms with Crippen LogP contribution in [0.4, 0.5) is 0 Å². The van der Waals surface area contributed by atoms with Crippen LogP contribution in [0, 0.1) is 5.92 Å². The van der Waals surface area contributed by atoms with Crippen LogP contribution in [0.1, 0.15) is 28.5 Å². The quantitative estimate of drug-likeness (QED) is 0.806. The van der Waals surface area contributed by atoms with Crippen LogP contribution >= 0.6 is 12.4 Å². The zero-order valence-corrected chi connectivity index (χ0v) is 15.3. The molecule has 26 heavy (non-hydrogen) atoms. The zero-order chi connectivity index (χ0) is 17.6. The maximum Gasteiger partial charge on any atom is 0.286 e. The first kappa shape index (κ1) is 20.0. The van der Waals surface area contributed by atoms with Gasteiger partial charge in [0, 0.05) is 32.0 Å². The largest absolute Gasteiger partial charge is 0.459 e. The predicted octanol–water partition coefficient (Wildman–Crippen LogP) is 2.02. The second-order valence-electron chi connectivity index (χ2n) is 6.29. The Kier molecular flexibility index (Phi) is 7.24. The Morgan fingerprint density at radius 3 is 2.58 bits per heavy atom. The topological polar surface area (TPSA) is 88.6 Å². The van der Waals surface area contributed by atoms with Gasteiger partial charge in [0.25, 0.3) is 5.91 Å². The van der Waals surface area contributed by atoms with Crippen LogP contribution in [-0.4, -0.2) is 42.9 Å². The first-order chi connectivity index (χ1) is 12.2. The number of amides is 2. The number of hydrogen-bond acceptors (Lipinski definition) is 4. The van der Waals surface area contributed by atoms with E-state index in [-0.39, 0.29) is 54.8 Å². The number of likely N-dealkylation sites (tertiary alicyclic amines) is 1. The van der Waals surface area contributed by atoms with Gasteiger partial charge in [-0.2, -0.15) is 0 Å². The highest BCUT2D eigenvalue weighted by Crippen LogP contribution is 2.32. The number of carbonyl (C=O) groups is 2. The summed E-state index contributed by atoms with van der Waals surface area (Å²) in [7, 11) is 0. The summed E-state index contributed by atoms with van der Waals surface area (Å²) in [5.74, 6) is 0.524. The van der Waals surface area contributed by atoms with Gasteiger partial charge in [0.1, 0.15) is 0 Å². The van der Waals surface area contributed by atoms with Crippen LogP contribution in [0.5, 0.6) is 0 Å². The summed E-state index contributed by atoms with van der Waals surface area (Å²) in [4.78, 5) is 26.1. The minimum atomic E-state index is -0.304. The van der Waals surface area contributed by atoms with Crippen molar-refractivity contribution in [3.8, 4) is 0 Å². The van der Waals surface area contributed by atoms with E-state index in [1.165, 1.54) is 11.8 Å². The van der Waals surface area contributed by atoms with Crippen molar-refractivity contribution in [1.82, 2.24) is 10.2 Å². The maximum atomic E-state index is 12.5. The van der Waals surface area contributed by atoms with Crippen LogP contribution in [0.25, 0.3) is 0 Å². The number of nitrogens with zero attached hydrogens (tertiary/aromatic N) is 1. The normalized spacial score (nSPS) is 19.0. The summed E-state index contributed by atoms with van der Waals surface area (Å²) in [5, 5.41) is 2.70. The van der Waals surface area contributed by atoms with Crippen LogP contribution < -0.4 is 11.1 Å². The molecule has 0 aliphatic carbocycles. The Labute approximate surface area is 159 Å². The molecule has 1 aromatic carbocycles. The van der Waals surface area contributed by atoms with Gasteiger partial charge in [-0.05, 0) is 30.2 Å². The highest BCUT2D eigenvalue weighted by Gasteiger charge is 2.34. The van der Waals surface area contributed by atoms with Gasteiger partial charge in [0.15, 0.2) is 5.76 Å². The molecule has 2 aromatic rings. The number of halogens is 1. The van der Waals surface area contributed by atoms with Crippen molar-refractivity contribution in [1.29, 1.82) is 0 Å². The van der Waals surface area contributed by atoms with Crippen molar-refractivity contribution < 1.29 is 14.0 Å². The number of carbonyl (C=O) groups excluding carboxylic acids is 2. The van der Waals surface area contributed by atoms with Gasteiger partial charge >= 0.3 is 0 Å². The molecule has 0 spiro atoms. The standard InChI is InChI=1S/C19H23N3O3.ClH/c20-11-15-12-22(13-16(15)14-5-2-1-3-6-14)18(23)8-9-21-19(24)17-7-4-10-25-17;/h1-7,10,15-16H,8-9,11-13,20H2,(H,21,24);1H/t15-,16+;/m1./s1. The molecule has 140 valence electrons. The van der Waals surface area contributed by atoms with Crippen LogP contribution in [0.2, 0.25) is 0 Å². The first-order valence-electron chi connectivity index (χ1n) is 8.53. The molecule has 0 saturated carbocycles. The van der Waals surface area contributed by atoms with Gasteiger partial charge < -0.3 is 20.4 Å². The summed E-state index contributed by atoms with van der Waals surface area (Å²) < 4.78 is 5.02. The van der Waals surface area contributed by atoms with E-state index in [2.05, 4.69) is 17.4 Å². The monoisotopic (exact) mass is 377 g/mol. The third-order valence-corrected chi connectivity index (χ3v) is 4.69. The Bertz CT molecular complexity index is 706. The number of furan rings is 1. The van der Waals surface area contributed by atoms with Gasteiger partial charge in [-0.25, -0.2) is 0 Å². The average Bonchev–Trinajstić information content (AvgIpc) is 3.32. The van der Waals surface area contributed by atoms with Gasteiger partial charge in [0.05, 0.1) is 6.26 Å². The van der Waals surface area contributed by atoms with E-state index >= 15 is 0 Å². The third kappa shape index (κ3) is 4.65. The second-order valence-corrected chi connectivity index (χ2v) is 6.29. The molecular weight excluding hydrogens is 354 g/mol. The molecule has 2 amide bonds. The van der Waals surface area contributed by atoms with E-state index < -0.39 is 0 Å². The van der Waals surface area contributed by atoms with Crippen molar-refractivity contribution in [3.63, 3.8) is 0 Å². The molecular formula is C19H24ClN3O3. The molecule has 3 N–H and O–H groups in total. The summed E-state index contributed by atoms with van der Waals surface area (Å²) in [6.45, 7) is 2.19. The third-order valence-electron chi connectivity index (χ3n) is 4.69. The van der Waals surface area contributed by atoms with Crippen LogP contribution in [0.15, 0.2) is 53.1 Å². The molecule has 2 atom stereocenters. The number of benzene rings is 1. The number of rotatable bonds is 6. The molecule has 1 fully saturated rings. The van der Waals surface area contributed by atoms with Crippen molar-refractivity contribution in [2.45, 2.75) is 12.3 Å². The van der Waals surface area contributed by atoms with Crippen molar-refractivity contribution >= 4 is 24.2 Å². The smallest absolute Gasteiger partial charge is 0.286 e. The highest BCUT2D eigenvalue weighted by atomic mass is 35.5. The summed E-state index contributed by atoms with van der Waals surface area (Å²) in [6.07, 6.45) is 1.71. The molecule has 1 aromatic heterocycles. The highest BCUT2D eigenvalue weighted by molar-refractivity contribution is 5.91. The molecule has 1 saturated heterocycles. The Hall–Kier alpha value is -2.31. The van der Waals surface area contributed by atoms with Crippen LogP contribution in [0.3, 0.4) is 0 Å². The zero-order valence-electron chi connectivity index (χ0n) is 14.5. The van der Waals surface area contributed by atoms with E-state index in [1.807, 2.05) is 23.1 Å². The van der Waals surface area contributed by atoms with E-state index in [4.69, 9.17) is 10.2 Å². The molecule has 0 radical (unpaired) electrons. The fourth-order valence-electron chi connectivity index (χ4n) is 3.33. The molecule has 2 heterocycles. The fraction of sp³-hybridized carbons (Fsp3) is 0.368. The van der Waals surface area contributed by atoms with E-state index in [9.17, 15) is 9.59 Å². The lowest BCUT2D eigenvalue weighted by molar-refractivity contribution is -0.130. The molecule has 0 unspecified atom stereocenters. The molecule has 3 rings (SSSR count). The van der Waals surface area contributed by atoms with E-state index in [0.29, 0.717) is 19.6 Å². The van der Waals surface area contributed by atoms with Crippen molar-refractivity contribution in [2.75, 3.05) is 26.2 Å². The molecule has 6 nitrogen and oxygen atoms in total. The van der Waals surface area contributed by atoms with Crippen molar-refractivity contribution in [3.05, 3.63) is 60.1 Å². The predicted molar refractivity (Wildman–Crippen MR) is 101 cm³/mol. The van der Waals surface area contributed by atoms with E-state index in [1.54, 1.807) is 12.1 Å². The van der Waals surface area contributed by atoms with Gasteiger partial charge in [-0.1, -0.05) is 30.3 Å². The van der Waals surface area contributed by atoms with Crippen molar-refractivity contribution in [2.24, 2.45) is 11.7 Å². The fourth-order valence-corrected chi connectivity index (χ4v) is 3.33. The second kappa shape index (κ2) is 9.40. The average molecular weight is 378 g/mol. The number of nitrogens with two attached hydrogens (primary N) is 1. The Morgan fingerprint density at radius 1 is 1.15 bits per heavy atom. The number of nitrogens with one attached hydrogen (secondary N) is 1. The van der Waals surface area contributed by atoms with Gasteiger partial charge in [0.2, 0.25) is 5.91 Å². The molecule has 7 heteroatoms. The Morgan fingerprint density at radius 2 is 1.92 bits per heavy atom. The number of hydrogen-bond donors (Lipinski definition) is 2. The molecule has 0 bridgehead atoms. The van der Waals surface area contributed by atoms with Crippen LogP contribution in [-0.2, 0) is 4.79 Å². The summed E-state index contributed by atoms with van der Waals surface area (Å²) >= 11 is 0. The minimum absolute atomic E-state index is 0. The molecule has 1 aliphatic rings. The summed E-state index contributed by atoms with van der Waals surface area (Å²) in [6, 6.07) is 13.4. The van der Waals surface area contributed by atoms with E-state index in [0.717, 1.165) is 0 Å². The van der Waals surface area contributed by atoms with Gasteiger partial charge in [-0.15, -0.1) is 12.4 Å². The lowest BCUT2D eigenvalue weighted by Crippen LogP contribution is -2.33. The lowest BCUT2D eigenvalue weighted by Gasteiger charge is -2.17. The lowest BCUT2D eigenvalue weighted by atomic mass is 9.89. The SMILES string of the molecule is Cl.NC[C@@H]1CN(C(=O)CCNC(=O)c2ccco2)C[C@H]1c1ccccc1. The first-order valence-corrected chi connectivity index (χ1v) is 8.53. The Balaban J connectivity index is 0.00000243. The maximum absolute atomic E-state index is 12.5. The van der Waals surface area contributed by atoms with Gasteiger partial charge in [-0.3, -0.25) is 9.59 Å². The molecule has 1 aliphatic heterocycles. The summed E-state index contributed by atoms with van der Waals surface area (Å²) in [5.41, 5.74) is 7.13.